The normalized spacial score (nSPS) is 17.1. The van der Waals surface area contributed by atoms with E-state index < -0.39 is 0 Å². The lowest BCUT2D eigenvalue weighted by Crippen LogP contribution is -2.37. The van der Waals surface area contributed by atoms with Crippen molar-refractivity contribution >= 4 is 28.2 Å². The van der Waals surface area contributed by atoms with Crippen LogP contribution in [-0.2, 0) is 4.79 Å². The van der Waals surface area contributed by atoms with E-state index in [1.165, 1.54) is 11.3 Å². The van der Waals surface area contributed by atoms with Crippen molar-refractivity contribution in [1.82, 2.24) is 15.0 Å². The average Bonchev–Trinajstić information content (AvgIpc) is 3.35. The number of amides is 2. The highest BCUT2D eigenvalue weighted by molar-refractivity contribution is 7.18. The first-order valence-corrected chi connectivity index (χ1v) is 11.1. The summed E-state index contributed by atoms with van der Waals surface area (Å²) in [5.74, 6) is 1.63. The van der Waals surface area contributed by atoms with Crippen LogP contribution in [0.2, 0.25) is 0 Å². The number of nitrogens with zero attached hydrogens (tertiary/aromatic N) is 3. The van der Waals surface area contributed by atoms with Crippen molar-refractivity contribution in [2.75, 3.05) is 18.4 Å². The Balaban J connectivity index is 1.18. The Morgan fingerprint density at radius 3 is 2.53 bits per heavy atom. The minimum Gasteiger partial charge on any atom is -0.339 e. The number of benzene rings is 1. The smallest absolute Gasteiger partial charge is 0.263 e. The molecule has 3 heterocycles. The van der Waals surface area contributed by atoms with Crippen LogP contribution in [0.5, 0.6) is 0 Å². The third kappa shape index (κ3) is 4.00. The number of nitrogens with one attached hydrogen (secondary N) is 1. The standard InChI is InChI=1S/C22H22N4O3S/c27-20(15-6-7-15)23-18-9-8-17(30-18)22(28)26-12-10-16(11-13-26)21-24-19(25-29-21)14-4-2-1-3-5-14/h1-5,8-9,15-16H,6-7,10-13H2,(H,23,27). The van der Waals surface area contributed by atoms with Gasteiger partial charge >= 0.3 is 0 Å². The van der Waals surface area contributed by atoms with E-state index in [0.29, 0.717) is 29.7 Å². The van der Waals surface area contributed by atoms with E-state index >= 15 is 0 Å². The van der Waals surface area contributed by atoms with Crippen molar-refractivity contribution in [2.24, 2.45) is 5.92 Å². The molecule has 0 unspecified atom stereocenters. The van der Waals surface area contributed by atoms with Gasteiger partial charge in [0.1, 0.15) is 0 Å². The van der Waals surface area contributed by atoms with Crippen LogP contribution in [0, 0.1) is 5.92 Å². The highest BCUT2D eigenvalue weighted by atomic mass is 32.1. The maximum absolute atomic E-state index is 12.8. The number of piperidine rings is 1. The van der Waals surface area contributed by atoms with Gasteiger partial charge in [0.2, 0.25) is 17.6 Å². The number of carbonyl (C=O) groups is 2. The molecule has 0 bridgehead atoms. The average molecular weight is 423 g/mol. The first-order chi connectivity index (χ1) is 14.7. The molecule has 1 aliphatic heterocycles. The summed E-state index contributed by atoms with van der Waals surface area (Å²) in [4.78, 5) is 31.8. The summed E-state index contributed by atoms with van der Waals surface area (Å²) >= 11 is 1.34. The Labute approximate surface area is 178 Å². The van der Waals surface area contributed by atoms with Crippen LogP contribution in [0.3, 0.4) is 0 Å². The predicted octanol–water partition coefficient (Wildman–Crippen LogP) is 4.17. The monoisotopic (exact) mass is 422 g/mol. The largest absolute Gasteiger partial charge is 0.339 e. The summed E-state index contributed by atoms with van der Waals surface area (Å²) in [7, 11) is 0. The Kier molecular flexibility index (Phi) is 5.08. The van der Waals surface area contributed by atoms with Gasteiger partial charge in [-0.05, 0) is 37.8 Å². The molecular weight excluding hydrogens is 400 g/mol. The van der Waals surface area contributed by atoms with Gasteiger partial charge in [0, 0.05) is 30.5 Å². The molecule has 1 N–H and O–H groups in total. The van der Waals surface area contributed by atoms with Gasteiger partial charge in [0.05, 0.1) is 9.88 Å². The highest BCUT2D eigenvalue weighted by Gasteiger charge is 2.31. The van der Waals surface area contributed by atoms with Crippen molar-refractivity contribution in [2.45, 2.75) is 31.6 Å². The number of rotatable bonds is 5. The molecular formula is C22H22N4O3S. The van der Waals surface area contributed by atoms with Gasteiger partial charge in [0.25, 0.3) is 5.91 Å². The maximum Gasteiger partial charge on any atom is 0.263 e. The zero-order chi connectivity index (χ0) is 20.5. The Bertz CT molecular complexity index is 1050. The summed E-state index contributed by atoms with van der Waals surface area (Å²) < 4.78 is 5.50. The fourth-order valence-electron chi connectivity index (χ4n) is 3.68. The molecule has 0 radical (unpaired) electrons. The van der Waals surface area contributed by atoms with E-state index in [2.05, 4.69) is 15.5 Å². The van der Waals surface area contributed by atoms with Crippen molar-refractivity contribution in [1.29, 1.82) is 0 Å². The van der Waals surface area contributed by atoms with Gasteiger partial charge in [-0.25, -0.2) is 0 Å². The second kappa shape index (κ2) is 8.02. The third-order valence-corrected chi connectivity index (χ3v) is 6.61. The summed E-state index contributed by atoms with van der Waals surface area (Å²) in [6, 6.07) is 13.4. The molecule has 0 atom stereocenters. The number of hydrogen-bond donors (Lipinski definition) is 1. The Morgan fingerprint density at radius 1 is 1.03 bits per heavy atom. The molecule has 2 fully saturated rings. The summed E-state index contributed by atoms with van der Waals surface area (Å²) in [6.45, 7) is 1.29. The summed E-state index contributed by atoms with van der Waals surface area (Å²) in [5, 5.41) is 7.75. The molecule has 5 rings (SSSR count). The van der Waals surface area contributed by atoms with E-state index in [4.69, 9.17) is 4.52 Å². The molecule has 0 spiro atoms. The van der Waals surface area contributed by atoms with Crippen LogP contribution in [0.4, 0.5) is 5.00 Å². The molecule has 154 valence electrons. The van der Waals surface area contributed by atoms with E-state index in [1.807, 2.05) is 41.3 Å². The van der Waals surface area contributed by atoms with Gasteiger partial charge in [-0.15, -0.1) is 11.3 Å². The number of thiophene rings is 1. The van der Waals surface area contributed by atoms with Crippen molar-refractivity contribution < 1.29 is 14.1 Å². The lowest BCUT2D eigenvalue weighted by Gasteiger charge is -2.30. The summed E-state index contributed by atoms with van der Waals surface area (Å²) in [6.07, 6.45) is 3.51. The van der Waals surface area contributed by atoms with Gasteiger partial charge in [0.15, 0.2) is 0 Å². The number of aromatic nitrogens is 2. The van der Waals surface area contributed by atoms with E-state index in [-0.39, 0.29) is 23.7 Å². The van der Waals surface area contributed by atoms with Crippen LogP contribution in [-0.4, -0.2) is 39.9 Å². The second-order valence-corrected chi connectivity index (χ2v) is 8.90. The molecule has 30 heavy (non-hydrogen) atoms. The maximum atomic E-state index is 12.8. The zero-order valence-corrected chi connectivity index (χ0v) is 17.2. The van der Waals surface area contributed by atoms with E-state index in [0.717, 1.165) is 36.2 Å². The highest BCUT2D eigenvalue weighted by Crippen LogP contribution is 2.33. The fraction of sp³-hybridized carbons (Fsp3) is 0.364. The molecule has 8 heteroatoms. The molecule has 2 aliphatic rings. The number of anilines is 1. The van der Waals surface area contributed by atoms with Crippen LogP contribution in [0.1, 0.15) is 47.2 Å². The Hall–Kier alpha value is -3.00. The molecule has 7 nitrogen and oxygen atoms in total. The van der Waals surface area contributed by atoms with Gasteiger partial charge in [-0.3, -0.25) is 9.59 Å². The fourth-order valence-corrected chi connectivity index (χ4v) is 4.56. The third-order valence-electron chi connectivity index (χ3n) is 5.62. The minimum absolute atomic E-state index is 0.0147. The van der Waals surface area contributed by atoms with E-state index in [9.17, 15) is 9.59 Å². The molecule has 1 saturated carbocycles. The molecule has 2 amide bonds. The van der Waals surface area contributed by atoms with Crippen LogP contribution in [0.15, 0.2) is 47.0 Å². The van der Waals surface area contributed by atoms with Gasteiger partial charge in [-0.2, -0.15) is 4.98 Å². The van der Waals surface area contributed by atoms with Crippen LogP contribution < -0.4 is 5.32 Å². The molecule has 2 aromatic heterocycles. The van der Waals surface area contributed by atoms with Crippen LogP contribution in [0.25, 0.3) is 11.4 Å². The van der Waals surface area contributed by atoms with E-state index in [1.54, 1.807) is 6.07 Å². The quantitative estimate of drug-likeness (QED) is 0.667. The molecule has 1 saturated heterocycles. The van der Waals surface area contributed by atoms with Crippen molar-refractivity contribution in [3.05, 3.63) is 53.2 Å². The van der Waals surface area contributed by atoms with Crippen molar-refractivity contribution in [3.63, 3.8) is 0 Å². The first-order valence-electron chi connectivity index (χ1n) is 10.3. The molecule has 1 aromatic carbocycles. The number of carbonyl (C=O) groups excluding carboxylic acids is 2. The van der Waals surface area contributed by atoms with Gasteiger partial charge in [-0.1, -0.05) is 35.5 Å². The minimum atomic E-state index is 0.0147. The number of hydrogen-bond acceptors (Lipinski definition) is 6. The lowest BCUT2D eigenvalue weighted by molar-refractivity contribution is -0.117. The predicted molar refractivity (Wildman–Crippen MR) is 113 cm³/mol. The number of likely N-dealkylation sites (tertiary alicyclic amines) is 1. The first kappa shape index (κ1) is 19.0. The van der Waals surface area contributed by atoms with Crippen molar-refractivity contribution in [3.8, 4) is 11.4 Å². The second-order valence-electron chi connectivity index (χ2n) is 7.82. The Morgan fingerprint density at radius 2 is 1.80 bits per heavy atom. The summed E-state index contributed by atoms with van der Waals surface area (Å²) in [5.41, 5.74) is 0.933. The van der Waals surface area contributed by atoms with Gasteiger partial charge < -0.3 is 14.7 Å². The lowest BCUT2D eigenvalue weighted by atomic mass is 9.96. The molecule has 3 aromatic rings. The topological polar surface area (TPSA) is 88.3 Å². The SMILES string of the molecule is O=C(Nc1ccc(C(=O)N2CCC(c3nc(-c4ccccc4)no3)CC2)s1)C1CC1. The zero-order valence-electron chi connectivity index (χ0n) is 16.4. The molecule has 1 aliphatic carbocycles. The van der Waals surface area contributed by atoms with Crippen LogP contribution >= 0.6 is 11.3 Å².